The Balaban J connectivity index is 2.29. The molecule has 2 aromatic carbocycles. The highest BCUT2D eigenvalue weighted by Gasteiger charge is 2.09. The highest BCUT2D eigenvalue weighted by Crippen LogP contribution is 2.22. The highest BCUT2D eigenvalue weighted by molar-refractivity contribution is 6.30. The van der Waals surface area contributed by atoms with Gasteiger partial charge >= 0.3 is 0 Å². The molecular weight excluding hydrogens is 260 g/mol. The van der Waals surface area contributed by atoms with Crippen LogP contribution in [0.2, 0.25) is 5.02 Å². The third-order valence-electron chi connectivity index (χ3n) is 3.07. The predicted molar refractivity (Wildman–Crippen MR) is 77.7 cm³/mol. The quantitative estimate of drug-likeness (QED) is 0.655. The van der Waals surface area contributed by atoms with Crippen LogP contribution < -0.4 is 5.43 Å². The molecule has 0 atom stereocenters. The first-order chi connectivity index (χ1) is 9.15. The zero-order valence-electron chi connectivity index (χ0n) is 10.3. The van der Waals surface area contributed by atoms with Crippen LogP contribution in [0.1, 0.15) is 5.56 Å². The summed E-state index contributed by atoms with van der Waals surface area (Å²) in [5.74, 6) is 0. The van der Waals surface area contributed by atoms with Crippen LogP contribution in [0.3, 0.4) is 0 Å². The first kappa shape index (κ1) is 12.0. The lowest BCUT2D eigenvalue weighted by molar-refractivity contribution is 0.604. The van der Waals surface area contributed by atoms with E-state index in [1.54, 1.807) is 18.2 Å². The molecule has 3 aromatic rings. The fourth-order valence-corrected chi connectivity index (χ4v) is 2.28. The van der Waals surface area contributed by atoms with Gasteiger partial charge in [-0.2, -0.15) is 0 Å². The van der Waals surface area contributed by atoms with E-state index in [1.165, 1.54) is 6.26 Å². The summed E-state index contributed by atoms with van der Waals surface area (Å²) in [4.78, 5) is 12.4. The second-order valence-electron chi connectivity index (χ2n) is 4.49. The molecule has 0 unspecified atom stereocenters. The van der Waals surface area contributed by atoms with Gasteiger partial charge in [0.2, 0.25) is 0 Å². The molecule has 0 aliphatic carbocycles. The summed E-state index contributed by atoms with van der Waals surface area (Å²) in [6.07, 6.45) is 1.50. The van der Waals surface area contributed by atoms with Gasteiger partial charge in [0.1, 0.15) is 11.8 Å². The lowest BCUT2D eigenvalue weighted by Gasteiger charge is -2.03. The van der Waals surface area contributed by atoms with Crippen molar-refractivity contribution in [2.24, 2.45) is 0 Å². The molecule has 1 aromatic heterocycles. The van der Waals surface area contributed by atoms with E-state index in [4.69, 9.17) is 16.0 Å². The fraction of sp³-hybridized carbons (Fsp3) is 0.0625. The Morgan fingerprint density at radius 1 is 1.11 bits per heavy atom. The van der Waals surface area contributed by atoms with Crippen molar-refractivity contribution in [3.63, 3.8) is 0 Å². The molecule has 19 heavy (non-hydrogen) atoms. The molecule has 3 heteroatoms. The van der Waals surface area contributed by atoms with Crippen LogP contribution in [0.15, 0.2) is 57.9 Å². The van der Waals surface area contributed by atoms with Crippen LogP contribution in [0.5, 0.6) is 0 Å². The molecule has 0 radical (unpaired) electrons. The maximum atomic E-state index is 12.4. The minimum atomic E-state index is -0.0384. The third kappa shape index (κ3) is 2.15. The van der Waals surface area contributed by atoms with Crippen LogP contribution in [0.4, 0.5) is 0 Å². The molecule has 0 saturated heterocycles. The van der Waals surface area contributed by atoms with E-state index in [9.17, 15) is 4.79 Å². The number of halogens is 1. The van der Waals surface area contributed by atoms with Crippen molar-refractivity contribution in [3.8, 4) is 11.1 Å². The molecule has 0 aliphatic heterocycles. The summed E-state index contributed by atoms with van der Waals surface area (Å²) >= 11 is 5.95. The molecule has 1 heterocycles. The molecule has 0 amide bonds. The van der Waals surface area contributed by atoms with E-state index in [-0.39, 0.29) is 5.43 Å². The maximum absolute atomic E-state index is 12.4. The van der Waals surface area contributed by atoms with Gasteiger partial charge in [0.05, 0.1) is 10.9 Å². The first-order valence-corrected chi connectivity index (χ1v) is 6.31. The minimum Gasteiger partial charge on any atom is -0.463 e. The number of aryl methyl sites for hydroxylation is 1. The Morgan fingerprint density at radius 2 is 1.95 bits per heavy atom. The van der Waals surface area contributed by atoms with Gasteiger partial charge in [-0.15, -0.1) is 0 Å². The molecule has 2 nitrogen and oxygen atoms in total. The summed E-state index contributed by atoms with van der Waals surface area (Å²) in [5, 5.41) is 1.18. The molecule has 0 aliphatic rings. The average molecular weight is 271 g/mol. The van der Waals surface area contributed by atoms with E-state index in [0.29, 0.717) is 21.6 Å². The van der Waals surface area contributed by atoms with Crippen LogP contribution in [0, 0.1) is 6.92 Å². The second-order valence-corrected chi connectivity index (χ2v) is 4.92. The van der Waals surface area contributed by atoms with E-state index in [1.807, 2.05) is 31.2 Å². The Morgan fingerprint density at radius 3 is 2.74 bits per heavy atom. The largest absolute Gasteiger partial charge is 0.463 e. The number of hydrogen-bond donors (Lipinski definition) is 0. The number of fused-ring (bicyclic) bond motifs is 1. The third-order valence-corrected chi connectivity index (χ3v) is 3.30. The van der Waals surface area contributed by atoms with Crippen LogP contribution in [-0.4, -0.2) is 0 Å². The van der Waals surface area contributed by atoms with Gasteiger partial charge < -0.3 is 4.42 Å². The van der Waals surface area contributed by atoms with Gasteiger partial charge in [-0.05, 0) is 42.3 Å². The molecule has 0 bridgehead atoms. The van der Waals surface area contributed by atoms with Crippen molar-refractivity contribution in [2.75, 3.05) is 0 Å². The lowest BCUT2D eigenvalue weighted by Crippen LogP contribution is -2.04. The zero-order valence-corrected chi connectivity index (χ0v) is 11.1. The summed E-state index contributed by atoms with van der Waals surface area (Å²) in [7, 11) is 0. The zero-order chi connectivity index (χ0) is 13.4. The minimum absolute atomic E-state index is 0.0384. The smallest absolute Gasteiger partial charge is 0.200 e. The van der Waals surface area contributed by atoms with Crippen molar-refractivity contribution >= 4 is 22.6 Å². The average Bonchev–Trinajstić information content (AvgIpc) is 2.39. The first-order valence-electron chi connectivity index (χ1n) is 5.93. The number of rotatable bonds is 1. The summed E-state index contributed by atoms with van der Waals surface area (Å²) < 4.78 is 5.56. The molecule has 0 N–H and O–H groups in total. The van der Waals surface area contributed by atoms with Crippen molar-refractivity contribution < 1.29 is 4.42 Å². The Hall–Kier alpha value is -2.06. The predicted octanol–water partition coefficient (Wildman–Crippen LogP) is 4.42. The SMILES string of the molecule is Cc1ccc2c(=O)c(-c3cccc(Cl)c3)coc2c1. The molecule has 0 fully saturated rings. The van der Waals surface area contributed by atoms with E-state index < -0.39 is 0 Å². The molecule has 0 saturated carbocycles. The van der Waals surface area contributed by atoms with Gasteiger partial charge in [0.25, 0.3) is 0 Å². The van der Waals surface area contributed by atoms with E-state index in [2.05, 4.69) is 0 Å². The van der Waals surface area contributed by atoms with Crippen molar-refractivity contribution in [1.29, 1.82) is 0 Å². The molecule has 94 valence electrons. The van der Waals surface area contributed by atoms with Gasteiger partial charge in [-0.25, -0.2) is 0 Å². The van der Waals surface area contributed by atoms with Gasteiger partial charge in [0, 0.05) is 5.02 Å². The summed E-state index contributed by atoms with van der Waals surface area (Å²) in [6.45, 7) is 1.96. The normalized spacial score (nSPS) is 10.8. The lowest BCUT2D eigenvalue weighted by atomic mass is 10.1. The van der Waals surface area contributed by atoms with Crippen molar-refractivity contribution in [3.05, 3.63) is 69.5 Å². The van der Waals surface area contributed by atoms with Gasteiger partial charge in [-0.3, -0.25) is 4.79 Å². The van der Waals surface area contributed by atoms with Gasteiger partial charge in [0.15, 0.2) is 5.43 Å². The molecular formula is C16H11ClO2. The van der Waals surface area contributed by atoms with Crippen molar-refractivity contribution in [1.82, 2.24) is 0 Å². The standard InChI is InChI=1S/C16H11ClO2/c1-10-5-6-13-15(7-10)19-9-14(16(13)18)11-3-2-4-12(17)8-11/h2-9H,1H3. The van der Waals surface area contributed by atoms with Crippen LogP contribution in [-0.2, 0) is 0 Å². The Labute approximate surface area is 115 Å². The van der Waals surface area contributed by atoms with Crippen LogP contribution >= 0.6 is 11.6 Å². The second kappa shape index (κ2) is 4.56. The Kier molecular flexibility index (Phi) is 2.88. The summed E-state index contributed by atoms with van der Waals surface area (Å²) in [5.41, 5.74) is 2.92. The Bertz CT molecular complexity index is 818. The van der Waals surface area contributed by atoms with Gasteiger partial charge in [-0.1, -0.05) is 29.8 Å². The number of hydrogen-bond acceptors (Lipinski definition) is 2. The topological polar surface area (TPSA) is 30.2 Å². The number of benzene rings is 2. The van der Waals surface area contributed by atoms with E-state index in [0.717, 1.165) is 11.1 Å². The highest BCUT2D eigenvalue weighted by atomic mass is 35.5. The maximum Gasteiger partial charge on any atom is 0.200 e. The molecule has 0 spiro atoms. The molecule has 3 rings (SSSR count). The van der Waals surface area contributed by atoms with Crippen molar-refractivity contribution in [2.45, 2.75) is 6.92 Å². The van der Waals surface area contributed by atoms with Crippen LogP contribution in [0.25, 0.3) is 22.1 Å². The fourth-order valence-electron chi connectivity index (χ4n) is 2.09. The van der Waals surface area contributed by atoms with E-state index >= 15 is 0 Å². The summed E-state index contributed by atoms with van der Waals surface area (Å²) in [6, 6.07) is 12.8. The monoisotopic (exact) mass is 270 g/mol.